The minimum Gasteiger partial charge on any atom is -0.487 e. The van der Waals surface area contributed by atoms with Gasteiger partial charge in [0.25, 0.3) is 12.3 Å². The molecule has 5 rings (SSSR count). The molecule has 4 atom stereocenters. The predicted octanol–water partition coefficient (Wildman–Crippen LogP) is 3.74. The molecule has 0 bridgehead atoms. The summed E-state index contributed by atoms with van der Waals surface area (Å²) in [6.45, 7) is 2.58. The van der Waals surface area contributed by atoms with E-state index in [1.807, 2.05) is 6.92 Å². The number of amides is 3. The van der Waals surface area contributed by atoms with E-state index in [2.05, 4.69) is 5.18 Å². The number of nitrogens with two attached hydrogens (primary N) is 2. The van der Waals surface area contributed by atoms with Gasteiger partial charge in [-0.15, -0.1) is 4.91 Å². The molecule has 2 aliphatic heterocycles. The van der Waals surface area contributed by atoms with Crippen LogP contribution < -0.4 is 16.3 Å². The number of alkyl halides is 2. The fourth-order valence-corrected chi connectivity index (χ4v) is 7.47. The van der Waals surface area contributed by atoms with E-state index in [4.69, 9.17) is 27.9 Å². The molecule has 0 radical (unpaired) electrons. The number of nitrogens with zero attached hydrogens (tertiary/aromatic N) is 4. The quantitative estimate of drug-likeness (QED) is 0.236. The fourth-order valence-electron chi connectivity index (χ4n) is 7.21. The number of benzene rings is 1. The number of rotatable bonds is 9. The summed E-state index contributed by atoms with van der Waals surface area (Å²) in [4.78, 5) is 54.8. The molecule has 4 aliphatic rings. The Morgan fingerprint density at radius 2 is 1.98 bits per heavy atom. The fraction of sp³-hybridized carbons (Fsp3) is 0.633. The minimum atomic E-state index is -2.93. The molecular weight excluding hydrogens is 598 g/mol. The number of fused-ring (bicyclic) bond motifs is 1. The van der Waals surface area contributed by atoms with Gasteiger partial charge in [0.05, 0.1) is 17.7 Å². The molecule has 2 saturated carbocycles. The van der Waals surface area contributed by atoms with Crippen LogP contribution in [-0.2, 0) is 20.8 Å². The van der Waals surface area contributed by atoms with E-state index in [-0.39, 0.29) is 47.7 Å². The van der Waals surface area contributed by atoms with Crippen molar-refractivity contribution in [3.8, 4) is 5.75 Å². The van der Waals surface area contributed by atoms with Crippen LogP contribution in [0.2, 0.25) is 5.02 Å². The van der Waals surface area contributed by atoms with E-state index < -0.39 is 42.5 Å². The lowest BCUT2D eigenvalue weighted by molar-refractivity contribution is -0.147. The lowest BCUT2D eigenvalue weighted by Crippen LogP contribution is -2.50. The van der Waals surface area contributed by atoms with Crippen molar-refractivity contribution < 1.29 is 27.9 Å². The third kappa shape index (κ3) is 6.26. The third-order valence-corrected chi connectivity index (χ3v) is 10.1. The molecule has 3 fully saturated rings. The summed E-state index contributed by atoms with van der Waals surface area (Å²) in [5, 5.41) is 3.86. The summed E-state index contributed by atoms with van der Waals surface area (Å²) in [6, 6.07) is 2.54. The van der Waals surface area contributed by atoms with Crippen molar-refractivity contribution in [1.29, 1.82) is 0 Å². The first-order valence-electron chi connectivity index (χ1n) is 15.0. The molecule has 1 aromatic rings. The standard InChI is InChI=1S/C30H39ClF2N6O5/c1-16-3-4-17(19(11-16)28(41)36-43)29(42)39-10-7-18-20(31)5-6-23(44-14-21(34)26(27(32)33)37(2)35)25(18)22(39)13-38-15-30(8-9-30)12-24(38)40/h5-6,16-17,19,22,27H,3-4,7-15,34-35H2,1-2H3/b26-21-. The zero-order valence-electron chi connectivity index (χ0n) is 24.9. The topological polar surface area (TPSA) is 152 Å². The summed E-state index contributed by atoms with van der Waals surface area (Å²) >= 11 is 6.66. The number of likely N-dealkylation sites (tertiary alicyclic amines) is 1. The molecule has 1 aromatic carbocycles. The van der Waals surface area contributed by atoms with Crippen LogP contribution in [0.15, 0.2) is 28.7 Å². The zero-order valence-corrected chi connectivity index (χ0v) is 25.7. The molecule has 2 heterocycles. The van der Waals surface area contributed by atoms with Gasteiger partial charge in [0, 0.05) is 54.8 Å². The Kier molecular flexibility index (Phi) is 9.18. The average molecular weight is 637 g/mol. The van der Waals surface area contributed by atoms with E-state index in [0.717, 1.165) is 29.8 Å². The number of halogens is 3. The van der Waals surface area contributed by atoms with Gasteiger partial charge in [-0.25, -0.2) is 14.6 Å². The first-order chi connectivity index (χ1) is 20.9. The average Bonchev–Trinajstić information content (AvgIpc) is 3.65. The largest absolute Gasteiger partial charge is 0.487 e. The smallest absolute Gasteiger partial charge is 0.290 e. The number of hydrogen-bond acceptors (Lipinski definition) is 8. The number of carbonyl (C=O) groups excluding carboxylic acids is 3. The van der Waals surface area contributed by atoms with Gasteiger partial charge in [-0.3, -0.25) is 14.4 Å². The SMILES string of the molecule is CC1CCC(C(=O)N2CCc3c(Cl)ccc(OC/C(N)=C(\C(F)F)N(C)N)c3C2CN2CC3(CC3)CC2=O)C(C(=O)N=O)C1. The number of nitroso groups, excluding NO2 is 1. The Bertz CT molecular complexity index is 1360. The van der Waals surface area contributed by atoms with Gasteiger partial charge in [-0.05, 0) is 67.6 Å². The lowest BCUT2D eigenvalue weighted by Gasteiger charge is -2.43. The highest BCUT2D eigenvalue weighted by molar-refractivity contribution is 6.31. The summed E-state index contributed by atoms with van der Waals surface area (Å²) in [7, 11) is 1.25. The summed E-state index contributed by atoms with van der Waals surface area (Å²) in [5.41, 5.74) is 6.40. The van der Waals surface area contributed by atoms with E-state index in [9.17, 15) is 28.1 Å². The maximum Gasteiger partial charge on any atom is 0.290 e. The van der Waals surface area contributed by atoms with Crippen molar-refractivity contribution in [3.05, 3.63) is 44.6 Å². The van der Waals surface area contributed by atoms with Gasteiger partial charge in [-0.2, -0.15) is 0 Å². The number of carbonyl (C=O) groups is 3. The van der Waals surface area contributed by atoms with Crippen LogP contribution in [0.25, 0.3) is 0 Å². The van der Waals surface area contributed by atoms with E-state index in [1.54, 1.807) is 21.9 Å². The zero-order chi connectivity index (χ0) is 31.9. The van der Waals surface area contributed by atoms with Crippen molar-refractivity contribution in [2.75, 3.05) is 33.3 Å². The van der Waals surface area contributed by atoms with Crippen molar-refractivity contribution in [2.45, 2.75) is 64.3 Å². The number of hydrogen-bond donors (Lipinski definition) is 2. The molecule has 4 unspecified atom stereocenters. The Labute approximate surface area is 259 Å². The second-order valence-electron chi connectivity index (χ2n) is 12.9. The molecule has 3 amide bonds. The highest BCUT2D eigenvalue weighted by Gasteiger charge is 2.53. The highest BCUT2D eigenvalue weighted by atomic mass is 35.5. The third-order valence-electron chi connectivity index (χ3n) is 9.75. The van der Waals surface area contributed by atoms with Gasteiger partial charge in [0.1, 0.15) is 18.1 Å². The maximum absolute atomic E-state index is 14.3. The Hall–Kier alpha value is -3.32. The molecule has 2 aliphatic carbocycles. The first-order valence-corrected chi connectivity index (χ1v) is 15.4. The predicted molar refractivity (Wildman–Crippen MR) is 158 cm³/mol. The van der Waals surface area contributed by atoms with Crippen LogP contribution in [0, 0.1) is 28.1 Å². The molecular formula is C30H39ClF2N6O5. The summed E-state index contributed by atoms with van der Waals surface area (Å²) in [5.74, 6) is 3.33. The Morgan fingerprint density at radius 3 is 2.59 bits per heavy atom. The number of hydrazine groups is 1. The molecule has 4 N–H and O–H groups in total. The molecule has 240 valence electrons. The van der Waals surface area contributed by atoms with Crippen LogP contribution >= 0.6 is 11.6 Å². The van der Waals surface area contributed by atoms with Gasteiger partial charge in [-0.1, -0.05) is 18.5 Å². The highest BCUT2D eigenvalue weighted by Crippen LogP contribution is 2.54. The summed E-state index contributed by atoms with van der Waals surface area (Å²) < 4.78 is 33.3. The first kappa shape index (κ1) is 32.1. The van der Waals surface area contributed by atoms with Crippen LogP contribution in [-0.4, -0.2) is 72.2 Å². The second-order valence-corrected chi connectivity index (χ2v) is 13.3. The molecule has 14 heteroatoms. The lowest BCUT2D eigenvalue weighted by atomic mass is 9.73. The normalized spacial score (nSPS) is 26.4. The summed E-state index contributed by atoms with van der Waals surface area (Å²) in [6.07, 6.45) is 1.35. The van der Waals surface area contributed by atoms with E-state index >= 15 is 0 Å². The molecule has 44 heavy (non-hydrogen) atoms. The Morgan fingerprint density at radius 1 is 1.25 bits per heavy atom. The maximum atomic E-state index is 14.3. The van der Waals surface area contributed by atoms with Gasteiger partial charge in [0.2, 0.25) is 11.8 Å². The van der Waals surface area contributed by atoms with Crippen molar-refractivity contribution in [2.24, 2.45) is 39.9 Å². The van der Waals surface area contributed by atoms with Gasteiger partial charge < -0.3 is 25.3 Å². The van der Waals surface area contributed by atoms with Crippen LogP contribution in [0.3, 0.4) is 0 Å². The van der Waals surface area contributed by atoms with E-state index in [0.29, 0.717) is 42.8 Å². The Balaban J connectivity index is 1.53. The second kappa shape index (κ2) is 12.6. The number of ether oxygens (including phenoxy) is 1. The molecule has 1 saturated heterocycles. The monoisotopic (exact) mass is 636 g/mol. The van der Waals surface area contributed by atoms with Gasteiger partial charge in [0.15, 0.2) is 0 Å². The van der Waals surface area contributed by atoms with Crippen LogP contribution in [0.5, 0.6) is 5.75 Å². The number of allylic oxidation sites excluding steroid dienone is 1. The molecule has 0 aromatic heterocycles. The van der Waals surface area contributed by atoms with E-state index in [1.165, 1.54) is 7.05 Å². The van der Waals surface area contributed by atoms with Gasteiger partial charge >= 0.3 is 0 Å². The minimum absolute atomic E-state index is 0.00375. The molecule has 1 spiro atoms. The van der Waals surface area contributed by atoms with Crippen molar-refractivity contribution in [1.82, 2.24) is 14.8 Å². The van der Waals surface area contributed by atoms with Crippen molar-refractivity contribution >= 4 is 29.3 Å². The van der Waals surface area contributed by atoms with Crippen LogP contribution in [0.1, 0.15) is 62.6 Å². The van der Waals surface area contributed by atoms with Crippen molar-refractivity contribution in [3.63, 3.8) is 0 Å². The van der Waals surface area contributed by atoms with Crippen LogP contribution in [0.4, 0.5) is 8.78 Å². The molecule has 11 nitrogen and oxygen atoms in total.